The Labute approximate surface area is 238 Å². The van der Waals surface area contributed by atoms with Gasteiger partial charge in [0.25, 0.3) is 0 Å². The molecule has 6 rings (SSSR count). The molecule has 3 aliphatic rings. The number of ether oxygens (including phenoxy) is 1. The number of aromatic nitrogens is 1. The summed E-state index contributed by atoms with van der Waals surface area (Å²) in [4.78, 5) is 23.3. The summed E-state index contributed by atoms with van der Waals surface area (Å²) in [6.45, 7) is 10.6. The minimum Gasteiger partial charge on any atom is -0.478 e. The highest BCUT2D eigenvalue weighted by Gasteiger charge is 2.18. The van der Waals surface area contributed by atoms with Crippen molar-refractivity contribution in [2.24, 2.45) is 0 Å². The van der Waals surface area contributed by atoms with Crippen LogP contribution in [0.4, 0.5) is 17.2 Å². The first-order valence-electron chi connectivity index (χ1n) is 14.7. The molecule has 0 radical (unpaired) electrons. The zero-order valence-electron chi connectivity index (χ0n) is 23.4. The third-order valence-electron chi connectivity index (χ3n) is 7.68. The van der Waals surface area contributed by atoms with Gasteiger partial charge in [-0.25, -0.2) is 0 Å². The quantitative estimate of drug-likeness (QED) is 0.416. The maximum Gasteiger partial charge on any atom is 0.225 e. The number of amides is 1. The second kappa shape index (κ2) is 14.7. The molecule has 0 unspecified atom stereocenters. The number of aryl methyl sites for hydroxylation is 1. The maximum atomic E-state index is 11.5. The van der Waals surface area contributed by atoms with E-state index in [1.54, 1.807) is 0 Å². The lowest BCUT2D eigenvalue weighted by Crippen LogP contribution is -2.46. The van der Waals surface area contributed by atoms with Crippen molar-refractivity contribution >= 4 is 23.1 Å². The summed E-state index contributed by atoms with van der Waals surface area (Å²) in [5.41, 5.74) is 3.75. The van der Waals surface area contributed by atoms with Crippen molar-refractivity contribution in [1.29, 1.82) is 0 Å². The lowest BCUT2D eigenvalue weighted by Gasteiger charge is -2.36. The van der Waals surface area contributed by atoms with Crippen molar-refractivity contribution in [1.82, 2.24) is 15.2 Å². The van der Waals surface area contributed by atoms with Crippen LogP contribution in [0.2, 0.25) is 0 Å². The molecule has 3 aromatic rings. The number of para-hydroxylation sites is 2. The van der Waals surface area contributed by atoms with Gasteiger partial charge >= 0.3 is 0 Å². The maximum absolute atomic E-state index is 11.5. The van der Waals surface area contributed by atoms with Crippen LogP contribution in [-0.2, 0) is 11.2 Å². The molecule has 2 fully saturated rings. The second-order valence-electron chi connectivity index (χ2n) is 10.5. The Hall–Kier alpha value is -3.62. The van der Waals surface area contributed by atoms with Crippen LogP contribution in [0.25, 0.3) is 0 Å². The number of nitrogens with zero attached hydrogens (tertiary/aromatic N) is 4. The normalized spacial score (nSPS) is 17.4. The summed E-state index contributed by atoms with van der Waals surface area (Å²) < 4.78 is 5.78. The fourth-order valence-electron chi connectivity index (χ4n) is 5.35. The molecule has 0 atom stereocenters. The average molecular weight is 543 g/mol. The number of rotatable bonds is 8. The average Bonchev–Trinajstić information content (AvgIpc) is 3.02. The number of pyridine rings is 1. The van der Waals surface area contributed by atoms with E-state index in [0.29, 0.717) is 24.7 Å². The molecule has 0 aliphatic carbocycles. The zero-order valence-corrected chi connectivity index (χ0v) is 23.4. The largest absolute Gasteiger partial charge is 0.478 e. The molecule has 8 heteroatoms. The number of nitrogens with one attached hydrogen (secondary N) is 2. The number of fused-ring (bicyclic) bond motifs is 1. The van der Waals surface area contributed by atoms with Gasteiger partial charge in [0, 0.05) is 76.2 Å². The zero-order chi connectivity index (χ0) is 27.4. The molecular formula is C32H42N6O2. The van der Waals surface area contributed by atoms with Gasteiger partial charge in [-0.2, -0.15) is 4.98 Å². The van der Waals surface area contributed by atoms with Crippen LogP contribution in [0.15, 0.2) is 72.8 Å². The molecule has 0 bridgehead atoms. The van der Waals surface area contributed by atoms with Crippen LogP contribution in [0.5, 0.6) is 5.88 Å². The molecule has 212 valence electrons. The van der Waals surface area contributed by atoms with Crippen LogP contribution in [0, 0.1) is 0 Å². The van der Waals surface area contributed by atoms with Crippen molar-refractivity contribution in [3.8, 4) is 5.88 Å². The fourth-order valence-corrected chi connectivity index (χ4v) is 5.35. The lowest BCUT2D eigenvalue weighted by molar-refractivity contribution is -0.116. The van der Waals surface area contributed by atoms with Gasteiger partial charge < -0.3 is 25.2 Å². The van der Waals surface area contributed by atoms with Gasteiger partial charge in [0.1, 0.15) is 5.82 Å². The Bertz CT molecular complexity index is 1180. The predicted molar refractivity (Wildman–Crippen MR) is 163 cm³/mol. The minimum atomic E-state index is 0.0320. The van der Waals surface area contributed by atoms with Crippen molar-refractivity contribution in [2.45, 2.75) is 25.7 Å². The van der Waals surface area contributed by atoms with E-state index >= 15 is 0 Å². The number of hydrogen-bond acceptors (Lipinski definition) is 7. The third-order valence-corrected chi connectivity index (χ3v) is 7.68. The molecule has 8 nitrogen and oxygen atoms in total. The first kappa shape index (κ1) is 27.9. The molecule has 1 amide bonds. The molecule has 40 heavy (non-hydrogen) atoms. The molecule has 2 N–H and O–H groups in total. The van der Waals surface area contributed by atoms with E-state index in [1.807, 2.05) is 12.1 Å². The van der Waals surface area contributed by atoms with Crippen molar-refractivity contribution in [3.63, 3.8) is 0 Å². The van der Waals surface area contributed by atoms with Gasteiger partial charge in [-0.3, -0.25) is 9.69 Å². The summed E-state index contributed by atoms with van der Waals surface area (Å²) in [5, 5.41) is 6.16. The lowest BCUT2D eigenvalue weighted by atomic mass is 10.1. The highest BCUT2D eigenvalue weighted by molar-refractivity contribution is 5.92. The van der Waals surface area contributed by atoms with Crippen molar-refractivity contribution in [3.05, 3.63) is 78.4 Å². The van der Waals surface area contributed by atoms with Gasteiger partial charge in [-0.1, -0.05) is 36.4 Å². The number of carbonyl (C=O) groups excluding carboxylic acids is 1. The summed E-state index contributed by atoms with van der Waals surface area (Å²) >= 11 is 0. The van der Waals surface area contributed by atoms with E-state index < -0.39 is 0 Å². The van der Waals surface area contributed by atoms with Gasteiger partial charge in [0.15, 0.2) is 0 Å². The molecule has 3 aliphatic heterocycles. The van der Waals surface area contributed by atoms with E-state index in [0.717, 1.165) is 83.7 Å². The van der Waals surface area contributed by atoms with Crippen LogP contribution in [0.3, 0.4) is 0 Å². The minimum absolute atomic E-state index is 0.0320. The number of anilines is 3. The predicted octanol–water partition coefficient (Wildman–Crippen LogP) is 4.04. The smallest absolute Gasteiger partial charge is 0.225 e. The Morgan fingerprint density at radius 3 is 2.05 bits per heavy atom. The molecular weight excluding hydrogens is 500 g/mol. The monoisotopic (exact) mass is 542 g/mol. The Morgan fingerprint density at radius 2 is 1.38 bits per heavy atom. The number of benzene rings is 2. The second-order valence-corrected chi connectivity index (χ2v) is 10.5. The molecule has 4 heterocycles. The molecule has 2 saturated heterocycles. The molecule has 0 spiro atoms. The van der Waals surface area contributed by atoms with E-state index in [9.17, 15) is 4.79 Å². The summed E-state index contributed by atoms with van der Waals surface area (Å²) in [5.74, 6) is 1.28. The highest BCUT2D eigenvalue weighted by atomic mass is 16.5. The first-order valence-corrected chi connectivity index (χ1v) is 14.7. The topological polar surface area (TPSA) is 73.0 Å². The van der Waals surface area contributed by atoms with Crippen LogP contribution < -0.4 is 25.2 Å². The fraction of sp³-hybridized carbons (Fsp3) is 0.438. The number of unbranched alkanes of at least 4 members (excludes halogenated alkanes) is 1. The summed E-state index contributed by atoms with van der Waals surface area (Å²) in [6, 6.07) is 25.2. The van der Waals surface area contributed by atoms with Crippen molar-refractivity contribution < 1.29 is 9.53 Å². The third kappa shape index (κ3) is 8.19. The molecule has 1 aromatic heterocycles. The SMILES string of the molecule is O=C1CCc2ccc(OCCCCN3CCN(c4ccccc4)CC3)nc2N1.c1ccc(N2CCNCC2)cc1. The van der Waals surface area contributed by atoms with E-state index in [2.05, 4.69) is 91.0 Å². The van der Waals surface area contributed by atoms with Gasteiger partial charge in [0.2, 0.25) is 11.8 Å². The van der Waals surface area contributed by atoms with Gasteiger partial charge in [0.05, 0.1) is 6.61 Å². The van der Waals surface area contributed by atoms with E-state index in [1.165, 1.54) is 11.4 Å². The Balaban J connectivity index is 0.000000223. The van der Waals surface area contributed by atoms with Crippen LogP contribution in [-0.4, -0.2) is 81.3 Å². The number of hydrogen-bond donors (Lipinski definition) is 2. The number of carbonyl (C=O) groups is 1. The standard InChI is InChI=1S/C22H28N4O2.C10H14N2/c27-20-10-8-18-9-11-21(24-22(18)23-20)28-17-5-4-12-25-13-15-26(16-14-25)19-6-2-1-3-7-19;1-2-4-10(5-3-1)12-8-6-11-7-9-12/h1-3,6-7,9,11H,4-5,8,10,12-17H2,(H,23,24,27);1-5,11H,6-9H2. The van der Waals surface area contributed by atoms with E-state index in [4.69, 9.17) is 4.74 Å². The molecule has 0 saturated carbocycles. The summed E-state index contributed by atoms with van der Waals surface area (Å²) in [6.07, 6.45) is 3.41. The highest BCUT2D eigenvalue weighted by Crippen LogP contribution is 2.23. The van der Waals surface area contributed by atoms with Gasteiger partial charge in [-0.15, -0.1) is 0 Å². The van der Waals surface area contributed by atoms with E-state index in [-0.39, 0.29) is 5.91 Å². The number of piperazine rings is 2. The van der Waals surface area contributed by atoms with Crippen LogP contribution >= 0.6 is 0 Å². The Morgan fingerprint density at radius 1 is 0.725 bits per heavy atom. The van der Waals surface area contributed by atoms with Crippen LogP contribution in [0.1, 0.15) is 24.8 Å². The molecule has 2 aromatic carbocycles. The van der Waals surface area contributed by atoms with Gasteiger partial charge in [-0.05, 0) is 61.7 Å². The first-order chi connectivity index (χ1) is 19.7. The summed E-state index contributed by atoms with van der Waals surface area (Å²) in [7, 11) is 0. The Kier molecular flexibility index (Phi) is 10.2. The van der Waals surface area contributed by atoms with Crippen molar-refractivity contribution in [2.75, 3.05) is 80.6 Å².